The minimum absolute atomic E-state index is 0.0829. The smallest absolute Gasteiger partial charge is 0.255 e. The van der Waals surface area contributed by atoms with Crippen molar-refractivity contribution in [1.82, 2.24) is 0 Å². The van der Waals surface area contributed by atoms with E-state index in [9.17, 15) is 9.90 Å². The molecule has 98 valence electrons. The lowest BCUT2D eigenvalue weighted by molar-refractivity contribution is 0.102. The first kappa shape index (κ1) is 13.5. The molecule has 4 N–H and O–H groups in total. The molecular weight excluding hydrogens is 287 g/mol. The monoisotopic (exact) mass is 296 g/mol. The summed E-state index contributed by atoms with van der Waals surface area (Å²) < 4.78 is 0. The first-order valence-electron chi connectivity index (χ1n) is 5.32. The maximum Gasteiger partial charge on any atom is 0.255 e. The minimum atomic E-state index is -0.393. The molecule has 0 bridgehead atoms. The van der Waals surface area contributed by atoms with Crippen molar-refractivity contribution in [3.8, 4) is 5.75 Å². The van der Waals surface area contributed by atoms with Crippen LogP contribution >= 0.6 is 23.2 Å². The molecule has 0 heterocycles. The third kappa shape index (κ3) is 3.10. The molecule has 0 aromatic heterocycles. The summed E-state index contributed by atoms with van der Waals surface area (Å²) in [6, 6.07) is 8.95. The number of rotatable bonds is 2. The SMILES string of the molecule is Nc1ccc(Cl)cc1NC(=O)c1ccc(O)c(Cl)c1. The average molecular weight is 297 g/mol. The number of phenolic OH excluding ortho intramolecular Hbond substituents is 1. The van der Waals surface area contributed by atoms with E-state index < -0.39 is 5.91 Å². The van der Waals surface area contributed by atoms with Gasteiger partial charge in [-0.15, -0.1) is 0 Å². The van der Waals surface area contributed by atoms with Gasteiger partial charge in [-0.05, 0) is 36.4 Å². The molecule has 0 saturated carbocycles. The molecule has 1 amide bonds. The Bertz CT molecular complexity index is 645. The lowest BCUT2D eigenvalue weighted by Gasteiger charge is -2.09. The number of hydrogen-bond donors (Lipinski definition) is 3. The maximum atomic E-state index is 12.0. The van der Waals surface area contributed by atoms with Crippen molar-refractivity contribution < 1.29 is 9.90 Å². The highest BCUT2D eigenvalue weighted by Gasteiger charge is 2.10. The van der Waals surface area contributed by atoms with Crippen LogP contribution < -0.4 is 11.1 Å². The lowest BCUT2D eigenvalue weighted by Crippen LogP contribution is -2.13. The van der Waals surface area contributed by atoms with Gasteiger partial charge in [0, 0.05) is 10.6 Å². The zero-order valence-corrected chi connectivity index (χ0v) is 11.2. The van der Waals surface area contributed by atoms with Crippen molar-refractivity contribution in [1.29, 1.82) is 0 Å². The number of halogens is 2. The number of nitrogen functional groups attached to an aromatic ring is 1. The van der Waals surface area contributed by atoms with Gasteiger partial charge in [0.05, 0.1) is 16.4 Å². The Balaban J connectivity index is 2.25. The Hall–Kier alpha value is -1.91. The van der Waals surface area contributed by atoms with Crippen LogP contribution in [0.25, 0.3) is 0 Å². The molecule has 0 aliphatic heterocycles. The predicted molar refractivity (Wildman–Crippen MR) is 76.9 cm³/mol. The number of aromatic hydroxyl groups is 1. The molecule has 4 nitrogen and oxygen atoms in total. The van der Waals surface area contributed by atoms with E-state index in [1.54, 1.807) is 18.2 Å². The fourth-order valence-electron chi connectivity index (χ4n) is 1.48. The van der Waals surface area contributed by atoms with Crippen molar-refractivity contribution in [2.75, 3.05) is 11.1 Å². The van der Waals surface area contributed by atoms with E-state index in [-0.39, 0.29) is 10.8 Å². The first-order chi connectivity index (χ1) is 8.97. The van der Waals surface area contributed by atoms with E-state index in [0.717, 1.165) is 0 Å². The third-order valence-electron chi connectivity index (χ3n) is 2.47. The highest BCUT2D eigenvalue weighted by Crippen LogP contribution is 2.26. The number of anilines is 2. The van der Waals surface area contributed by atoms with E-state index >= 15 is 0 Å². The van der Waals surface area contributed by atoms with E-state index in [1.807, 2.05) is 0 Å². The number of carbonyl (C=O) groups excluding carboxylic acids is 1. The molecule has 0 aliphatic rings. The van der Waals surface area contributed by atoms with Gasteiger partial charge in [-0.1, -0.05) is 23.2 Å². The Morgan fingerprint density at radius 3 is 2.58 bits per heavy atom. The standard InChI is InChI=1S/C13H10Cl2N2O2/c14-8-2-3-10(16)11(6-8)17-13(19)7-1-4-12(18)9(15)5-7/h1-6,18H,16H2,(H,17,19). The van der Waals surface area contributed by atoms with Gasteiger partial charge in [-0.25, -0.2) is 0 Å². The Morgan fingerprint density at radius 1 is 1.16 bits per heavy atom. The molecular formula is C13H10Cl2N2O2. The summed E-state index contributed by atoms with van der Waals surface area (Å²) in [5.41, 5.74) is 6.86. The molecule has 2 rings (SSSR count). The lowest BCUT2D eigenvalue weighted by atomic mass is 10.2. The molecule has 0 saturated heterocycles. The van der Waals surface area contributed by atoms with Crippen LogP contribution in [0.15, 0.2) is 36.4 Å². The van der Waals surface area contributed by atoms with Gasteiger partial charge in [0.15, 0.2) is 0 Å². The number of phenols is 1. The van der Waals surface area contributed by atoms with Crippen molar-refractivity contribution >= 4 is 40.5 Å². The molecule has 0 fully saturated rings. The van der Waals surface area contributed by atoms with Gasteiger partial charge in [-0.2, -0.15) is 0 Å². The molecule has 6 heteroatoms. The van der Waals surface area contributed by atoms with Crippen molar-refractivity contribution in [2.24, 2.45) is 0 Å². The van der Waals surface area contributed by atoms with Gasteiger partial charge in [-0.3, -0.25) is 4.79 Å². The predicted octanol–water partition coefficient (Wildman–Crippen LogP) is 3.53. The molecule has 0 spiro atoms. The molecule has 19 heavy (non-hydrogen) atoms. The zero-order chi connectivity index (χ0) is 14.0. The summed E-state index contributed by atoms with van der Waals surface area (Å²) in [5.74, 6) is -0.476. The Labute approximate surface area is 119 Å². The average Bonchev–Trinajstić information content (AvgIpc) is 2.37. The van der Waals surface area contributed by atoms with Gasteiger partial charge in [0.1, 0.15) is 5.75 Å². The first-order valence-corrected chi connectivity index (χ1v) is 6.08. The number of carbonyl (C=O) groups is 1. The fraction of sp³-hybridized carbons (Fsp3) is 0. The molecule has 0 unspecified atom stereocenters. The Kier molecular flexibility index (Phi) is 3.83. The van der Waals surface area contributed by atoms with Gasteiger partial charge in [0.2, 0.25) is 0 Å². The third-order valence-corrected chi connectivity index (χ3v) is 3.01. The van der Waals surface area contributed by atoms with Crippen LogP contribution in [0.4, 0.5) is 11.4 Å². The van der Waals surface area contributed by atoms with Crippen LogP contribution in [-0.4, -0.2) is 11.0 Å². The fourth-order valence-corrected chi connectivity index (χ4v) is 1.83. The summed E-state index contributed by atoms with van der Waals surface area (Å²) in [6.07, 6.45) is 0. The van der Waals surface area contributed by atoms with E-state index in [1.165, 1.54) is 18.2 Å². The quantitative estimate of drug-likeness (QED) is 0.742. The highest BCUT2D eigenvalue weighted by atomic mass is 35.5. The number of nitrogens with one attached hydrogen (secondary N) is 1. The summed E-state index contributed by atoms with van der Waals surface area (Å²) in [5, 5.41) is 12.5. The van der Waals surface area contributed by atoms with Crippen LogP contribution in [0.1, 0.15) is 10.4 Å². The second kappa shape index (κ2) is 5.38. The summed E-state index contributed by atoms with van der Waals surface area (Å²) >= 11 is 11.6. The number of nitrogens with two attached hydrogens (primary N) is 1. The van der Waals surface area contributed by atoms with Gasteiger partial charge < -0.3 is 16.2 Å². The minimum Gasteiger partial charge on any atom is -0.506 e. The molecule has 0 atom stereocenters. The van der Waals surface area contributed by atoms with E-state index in [0.29, 0.717) is 22.0 Å². The van der Waals surface area contributed by atoms with Crippen LogP contribution in [0.2, 0.25) is 10.0 Å². The highest BCUT2D eigenvalue weighted by molar-refractivity contribution is 6.32. The normalized spacial score (nSPS) is 10.2. The number of amides is 1. The zero-order valence-electron chi connectivity index (χ0n) is 9.65. The summed E-state index contributed by atoms with van der Waals surface area (Å²) in [7, 11) is 0. The topological polar surface area (TPSA) is 75.3 Å². The van der Waals surface area contributed by atoms with E-state index in [2.05, 4.69) is 5.32 Å². The molecule has 0 aliphatic carbocycles. The maximum absolute atomic E-state index is 12.0. The van der Waals surface area contributed by atoms with Crippen LogP contribution in [0.5, 0.6) is 5.75 Å². The largest absolute Gasteiger partial charge is 0.506 e. The van der Waals surface area contributed by atoms with Crippen LogP contribution in [0, 0.1) is 0 Å². The second-order valence-electron chi connectivity index (χ2n) is 3.85. The van der Waals surface area contributed by atoms with E-state index in [4.69, 9.17) is 28.9 Å². The Morgan fingerprint density at radius 2 is 1.89 bits per heavy atom. The number of benzene rings is 2. The number of hydrogen-bond acceptors (Lipinski definition) is 3. The molecule has 2 aromatic carbocycles. The second-order valence-corrected chi connectivity index (χ2v) is 4.70. The summed E-state index contributed by atoms with van der Waals surface area (Å²) in [6.45, 7) is 0. The van der Waals surface area contributed by atoms with Gasteiger partial charge in [0.25, 0.3) is 5.91 Å². The summed E-state index contributed by atoms with van der Waals surface area (Å²) in [4.78, 5) is 12.0. The van der Waals surface area contributed by atoms with Crippen molar-refractivity contribution in [3.05, 3.63) is 52.0 Å². The van der Waals surface area contributed by atoms with Crippen molar-refractivity contribution in [3.63, 3.8) is 0 Å². The van der Waals surface area contributed by atoms with Gasteiger partial charge >= 0.3 is 0 Å². The van der Waals surface area contributed by atoms with Crippen LogP contribution in [0.3, 0.4) is 0 Å². The molecule has 2 aromatic rings. The molecule has 0 radical (unpaired) electrons. The van der Waals surface area contributed by atoms with Crippen molar-refractivity contribution in [2.45, 2.75) is 0 Å². The van der Waals surface area contributed by atoms with Crippen LogP contribution in [-0.2, 0) is 0 Å².